The minimum atomic E-state index is -1.49. The van der Waals surface area contributed by atoms with Crippen molar-refractivity contribution in [3.63, 3.8) is 0 Å². The summed E-state index contributed by atoms with van der Waals surface area (Å²) in [4.78, 5) is 0. The Bertz CT molecular complexity index is 478. The highest BCUT2D eigenvalue weighted by atomic mass is 32.1. The molecule has 0 aliphatic rings. The number of rotatable bonds is 1. The predicted molar refractivity (Wildman–Crippen MR) is 58.1 cm³/mol. The van der Waals surface area contributed by atoms with Gasteiger partial charge in [-0.05, 0) is 34.8 Å². The molecule has 3 N–H and O–H groups in total. The maximum atomic E-state index is 9.70. The lowest BCUT2D eigenvalue weighted by molar-refractivity contribution is 0.426. The standard InChI is InChI=1S/C9H9BO3S/c1-5-4-7(10(12)13)6-2-3-14-9(6)8(5)11/h2-4,11-13H,1H3. The third kappa shape index (κ3) is 1.30. The number of aromatic hydroxyl groups is 1. The zero-order valence-corrected chi connectivity index (χ0v) is 8.38. The minimum Gasteiger partial charge on any atom is -0.506 e. The number of phenols is 1. The molecule has 0 saturated heterocycles. The molecule has 0 fully saturated rings. The third-order valence-electron chi connectivity index (χ3n) is 2.22. The van der Waals surface area contributed by atoms with E-state index in [1.807, 2.05) is 5.38 Å². The molecule has 1 aromatic heterocycles. The molecule has 2 aromatic rings. The third-order valence-corrected chi connectivity index (χ3v) is 3.14. The van der Waals surface area contributed by atoms with Crippen LogP contribution < -0.4 is 5.46 Å². The van der Waals surface area contributed by atoms with Gasteiger partial charge in [-0.25, -0.2) is 0 Å². The number of aryl methyl sites for hydroxylation is 1. The summed E-state index contributed by atoms with van der Waals surface area (Å²) in [5, 5.41) is 30.5. The van der Waals surface area contributed by atoms with Crippen LogP contribution in [0.25, 0.3) is 10.1 Å². The van der Waals surface area contributed by atoms with Gasteiger partial charge in [-0.2, -0.15) is 0 Å². The van der Waals surface area contributed by atoms with E-state index in [-0.39, 0.29) is 5.75 Å². The lowest BCUT2D eigenvalue weighted by Crippen LogP contribution is -2.30. The van der Waals surface area contributed by atoms with Crippen molar-refractivity contribution < 1.29 is 15.2 Å². The highest BCUT2D eigenvalue weighted by Gasteiger charge is 2.18. The number of phenolic OH excluding ortho intramolecular Hbond substituents is 1. The molecule has 5 heteroatoms. The molecule has 1 heterocycles. The minimum absolute atomic E-state index is 0.222. The Morgan fingerprint density at radius 3 is 2.71 bits per heavy atom. The largest absolute Gasteiger partial charge is 0.506 e. The average molecular weight is 208 g/mol. The van der Waals surface area contributed by atoms with Crippen LogP contribution >= 0.6 is 11.3 Å². The highest BCUT2D eigenvalue weighted by molar-refractivity contribution is 7.17. The van der Waals surface area contributed by atoms with Crippen molar-refractivity contribution in [3.05, 3.63) is 23.1 Å². The van der Waals surface area contributed by atoms with E-state index in [1.165, 1.54) is 11.3 Å². The van der Waals surface area contributed by atoms with E-state index in [0.717, 1.165) is 0 Å². The van der Waals surface area contributed by atoms with Crippen LogP contribution in [0.5, 0.6) is 5.75 Å². The van der Waals surface area contributed by atoms with E-state index in [2.05, 4.69) is 0 Å². The first-order valence-corrected chi connectivity index (χ1v) is 5.05. The Labute approximate surface area is 85.4 Å². The lowest BCUT2D eigenvalue weighted by atomic mass is 9.77. The zero-order chi connectivity index (χ0) is 10.3. The van der Waals surface area contributed by atoms with Crippen molar-refractivity contribution in [3.8, 4) is 5.75 Å². The van der Waals surface area contributed by atoms with E-state index < -0.39 is 7.12 Å². The first-order chi connectivity index (χ1) is 6.61. The van der Waals surface area contributed by atoms with Gasteiger partial charge in [0, 0.05) is 0 Å². The number of thiophene rings is 1. The molecule has 0 aliphatic carbocycles. The summed E-state index contributed by atoms with van der Waals surface area (Å²) < 4.78 is 0.702. The van der Waals surface area contributed by atoms with Crippen molar-refractivity contribution in [1.82, 2.24) is 0 Å². The van der Waals surface area contributed by atoms with E-state index >= 15 is 0 Å². The van der Waals surface area contributed by atoms with Crippen LogP contribution in [0.4, 0.5) is 0 Å². The van der Waals surface area contributed by atoms with Gasteiger partial charge < -0.3 is 15.2 Å². The summed E-state index contributed by atoms with van der Waals surface area (Å²) in [5.74, 6) is 0.222. The van der Waals surface area contributed by atoms with Gasteiger partial charge in [-0.1, -0.05) is 6.07 Å². The SMILES string of the molecule is Cc1cc(B(O)O)c2ccsc2c1O. The Hall–Kier alpha value is -1.04. The van der Waals surface area contributed by atoms with E-state index in [4.69, 9.17) is 10.0 Å². The second-order valence-electron chi connectivity index (χ2n) is 3.17. The Balaban J connectivity index is 2.84. The van der Waals surface area contributed by atoms with Crippen molar-refractivity contribution in [2.45, 2.75) is 6.92 Å². The van der Waals surface area contributed by atoms with Crippen molar-refractivity contribution in [2.75, 3.05) is 0 Å². The molecule has 14 heavy (non-hydrogen) atoms. The second kappa shape index (κ2) is 3.27. The normalized spacial score (nSPS) is 10.8. The molecule has 72 valence electrons. The molecule has 1 aromatic carbocycles. The van der Waals surface area contributed by atoms with Crippen LogP contribution in [0, 0.1) is 6.92 Å². The molecule has 3 nitrogen and oxygen atoms in total. The first-order valence-electron chi connectivity index (χ1n) is 4.17. The number of hydrogen-bond donors (Lipinski definition) is 3. The Kier molecular flexibility index (Phi) is 2.22. The molecule has 0 bridgehead atoms. The summed E-state index contributed by atoms with van der Waals surface area (Å²) >= 11 is 1.39. The van der Waals surface area contributed by atoms with Gasteiger partial charge in [0.15, 0.2) is 0 Å². The molecule has 0 aliphatic heterocycles. The number of benzene rings is 1. The van der Waals surface area contributed by atoms with E-state index in [0.29, 0.717) is 21.1 Å². The fraction of sp³-hybridized carbons (Fsp3) is 0.111. The predicted octanol–water partition coefficient (Wildman–Crippen LogP) is 0.595. The fourth-order valence-electron chi connectivity index (χ4n) is 1.49. The van der Waals surface area contributed by atoms with Gasteiger partial charge in [-0.3, -0.25) is 0 Å². The van der Waals surface area contributed by atoms with Crippen LogP contribution in [0.2, 0.25) is 0 Å². The topological polar surface area (TPSA) is 60.7 Å². The summed E-state index contributed by atoms with van der Waals surface area (Å²) in [7, 11) is -1.49. The maximum Gasteiger partial charge on any atom is 0.489 e. The molecule has 0 radical (unpaired) electrons. The average Bonchev–Trinajstić information content (AvgIpc) is 2.59. The summed E-state index contributed by atoms with van der Waals surface area (Å²) in [6.07, 6.45) is 0. The van der Waals surface area contributed by atoms with Crippen LogP contribution in [-0.2, 0) is 0 Å². The number of fused-ring (bicyclic) bond motifs is 1. The number of hydrogen-bond acceptors (Lipinski definition) is 4. The smallest absolute Gasteiger partial charge is 0.489 e. The lowest BCUT2D eigenvalue weighted by Gasteiger charge is -2.06. The summed E-state index contributed by atoms with van der Waals surface area (Å²) in [6.45, 7) is 1.74. The monoisotopic (exact) mass is 208 g/mol. The fourth-order valence-corrected chi connectivity index (χ4v) is 2.42. The van der Waals surface area contributed by atoms with Gasteiger partial charge in [0.1, 0.15) is 5.75 Å². The van der Waals surface area contributed by atoms with Gasteiger partial charge in [0.25, 0.3) is 0 Å². The van der Waals surface area contributed by atoms with Gasteiger partial charge >= 0.3 is 7.12 Å². The summed E-state index contributed by atoms with van der Waals surface area (Å²) in [6, 6.07) is 3.36. The van der Waals surface area contributed by atoms with Crippen molar-refractivity contribution in [1.29, 1.82) is 0 Å². The molecule has 0 amide bonds. The van der Waals surface area contributed by atoms with E-state index in [9.17, 15) is 5.11 Å². The van der Waals surface area contributed by atoms with E-state index in [1.54, 1.807) is 19.1 Å². The molecular weight excluding hydrogens is 199 g/mol. The highest BCUT2D eigenvalue weighted by Crippen LogP contribution is 2.31. The van der Waals surface area contributed by atoms with Gasteiger partial charge in [-0.15, -0.1) is 11.3 Å². The maximum absolute atomic E-state index is 9.70. The summed E-state index contributed by atoms with van der Waals surface area (Å²) in [5.41, 5.74) is 1.10. The Morgan fingerprint density at radius 1 is 1.36 bits per heavy atom. The van der Waals surface area contributed by atoms with Crippen LogP contribution in [0.3, 0.4) is 0 Å². The van der Waals surface area contributed by atoms with Crippen LogP contribution in [-0.4, -0.2) is 22.3 Å². The molecule has 0 unspecified atom stereocenters. The Morgan fingerprint density at radius 2 is 2.07 bits per heavy atom. The molecule has 0 saturated carbocycles. The van der Waals surface area contributed by atoms with Crippen LogP contribution in [0.15, 0.2) is 17.5 Å². The van der Waals surface area contributed by atoms with Gasteiger partial charge in [0.2, 0.25) is 0 Å². The zero-order valence-electron chi connectivity index (χ0n) is 7.56. The molecular formula is C9H9BO3S. The quantitative estimate of drug-likeness (QED) is 0.601. The first kappa shape index (κ1) is 9.52. The van der Waals surface area contributed by atoms with Crippen molar-refractivity contribution in [2.24, 2.45) is 0 Å². The van der Waals surface area contributed by atoms with Crippen molar-refractivity contribution >= 4 is 34.0 Å². The molecule has 2 rings (SSSR count). The van der Waals surface area contributed by atoms with Gasteiger partial charge in [0.05, 0.1) is 4.70 Å². The molecule has 0 spiro atoms. The molecule has 0 atom stereocenters. The van der Waals surface area contributed by atoms with Crippen LogP contribution in [0.1, 0.15) is 5.56 Å². The second-order valence-corrected chi connectivity index (χ2v) is 4.08.